The highest BCUT2D eigenvalue weighted by Gasteiger charge is 2.60. The van der Waals surface area contributed by atoms with Gasteiger partial charge in [0.1, 0.15) is 12.1 Å². The molecule has 136 valence electrons. The highest BCUT2D eigenvalue weighted by molar-refractivity contribution is 5.95. The molecular formula is C18H30N2O4. The molecule has 3 unspecified atom stereocenters. The summed E-state index contributed by atoms with van der Waals surface area (Å²) in [5, 5.41) is 0. The van der Waals surface area contributed by atoms with Crippen molar-refractivity contribution < 1.29 is 19.0 Å². The van der Waals surface area contributed by atoms with Crippen LogP contribution in [0.2, 0.25) is 0 Å². The maximum atomic E-state index is 12.3. The Morgan fingerprint density at radius 2 is 1.79 bits per heavy atom. The molecule has 0 aromatic carbocycles. The summed E-state index contributed by atoms with van der Waals surface area (Å²) in [6.45, 7) is 8.52. The standard InChI is InChI=1S/C18H30N2O4/c1-7-9-11-12(13(11)18(21)24-8-2)15-17(23-6)19-14(10(3)4)16(20-15)22-5/h10-15H,7-9H2,1-6H3/t11?,12?,13?,14-,15-/m0/s1. The first-order valence-corrected chi connectivity index (χ1v) is 8.90. The van der Waals surface area contributed by atoms with E-state index in [0.717, 1.165) is 12.8 Å². The van der Waals surface area contributed by atoms with Gasteiger partial charge in [-0.25, -0.2) is 9.98 Å². The third-order valence-corrected chi connectivity index (χ3v) is 4.86. The normalized spacial score (nSPS) is 32.0. The summed E-state index contributed by atoms with van der Waals surface area (Å²) in [5.41, 5.74) is 0. The number of carbonyl (C=O) groups is 1. The zero-order valence-corrected chi connectivity index (χ0v) is 15.6. The van der Waals surface area contributed by atoms with Crippen LogP contribution in [-0.4, -0.2) is 50.7 Å². The zero-order chi connectivity index (χ0) is 17.9. The van der Waals surface area contributed by atoms with Gasteiger partial charge in [-0.15, -0.1) is 0 Å². The average molecular weight is 338 g/mol. The molecule has 2 aliphatic rings. The highest BCUT2D eigenvalue weighted by atomic mass is 16.5. The highest BCUT2D eigenvalue weighted by Crippen LogP contribution is 2.53. The topological polar surface area (TPSA) is 69.5 Å². The number of hydrogen-bond acceptors (Lipinski definition) is 6. The van der Waals surface area contributed by atoms with Crippen molar-refractivity contribution in [2.45, 2.75) is 52.6 Å². The molecule has 6 heteroatoms. The fraction of sp³-hybridized carbons (Fsp3) is 0.833. The van der Waals surface area contributed by atoms with E-state index in [0.29, 0.717) is 18.4 Å². The van der Waals surface area contributed by atoms with Crippen LogP contribution >= 0.6 is 0 Å². The van der Waals surface area contributed by atoms with Gasteiger partial charge in [-0.1, -0.05) is 27.2 Å². The lowest BCUT2D eigenvalue weighted by atomic mass is 10.0. The molecule has 0 spiro atoms. The van der Waals surface area contributed by atoms with E-state index in [2.05, 4.69) is 20.8 Å². The molecule has 1 fully saturated rings. The first kappa shape index (κ1) is 18.7. The second-order valence-corrected chi connectivity index (χ2v) is 6.78. The number of esters is 1. The molecule has 1 aliphatic carbocycles. The van der Waals surface area contributed by atoms with Crippen molar-refractivity contribution in [2.24, 2.45) is 33.7 Å². The van der Waals surface area contributed by atoms with Crippen molar-refractivity contribution in [1.82, 2.24) is 0 Å². The zero-order valence-electron chi connectivity index (χ0n) is 15.6. The number of methoxy groups -OCH3 is 2. The molecule has 6 nitrogen and oxygen atoms in total. The number of hydrogen-bond donors (Lipinski definition) is 0. The van der Waals surface area contributed by atoms with E-state index in [-0.39, 0.29) is 41.7 Å². The average Bonchev–Trinajstić information content (AvgIpc) is 3.27. The van der Waals surface area contributed by atoms with Crippen LogP contribution in [0.25, 0.3) is 0 Å². The van der Waals surface area contributed by atoms with Gasteiger partial charge in [-0.05, 0) is 25.2 Å². The van der Waals surface area contributed by atoms with Gasteiger partial charge in [-0.3, -0.25) is 4.79 Å². The lowest BCUT2D eigenvalue weighted by molar-refractivity contribution is -0.145. The number of rotatable bonds is 6. The number of carbonyl (C=O) groups excluding carboxylic acids is 1. The molecule has 1 aliphatic heterocycles. The molecule has 5 atom stereocenters. The number of aliphatic imine (C=N–C) groups is 2. The molecule has 0 aromatic rings. The second kappa shape index (κ2) is 7.99. The summed E-state index contributed by atoms with van der Waals surface area (Å²) in [6.07, 6.45) is 2.01. The van der Waals surface area contributed by atoms with E-state index in [1.54, 1.807) is 14.2 Å². The lowest BCUT2D eigenvalue weighted by Gasteiger charge is -2.27. The second-order valence-electron chi connectivity index (χ2n) is 6.78. The van der Waals surface area contributed by atoms with Crippen LogP contribution in [0, 0.1) is 23.7 Å². The van der Waals surface area contributed by atoms with Gasteiger partial charge in [0.15, 0.2) is 0 Å². The third kappa shape index (κ3) is 3.57. The van der Waals surface area contributed by atoms with Gasteiger partial charge in [0.2, 0.25) is 11.8 Å². The Morgan fingerprint density at radius 1 is 1.12 bits per heavy atom. The van der Waals surface area contributed by atoms with Crippen LogP contribution < -0.4 is 0 Å². The van der Waals surface area contributed by atoms with Crippen molar-refractivity contribution in [2.75, 3.05) is 20.8 Å². The first-order valence-electron chi connectivity index (χ1n) is 8.90. The first-order chi connectivity index (χ1) is 11.5. The van der Waals surface area contributed by atoms with E-state index in [1.807, 2.05) is 6.92 Å². The van der Waals surface area contributed by atoms with Crippen LogP contribution in [0.4, 0.5) is 0 Å². The Labute approximate surface area is 144 Å². The van der Waals surface area contributed by atoms with Crippen molar-refractivity contribution in [3.05, 3.63) is 0 Å². The third-order valence-electron chi connectivity index (χ3n) is 4.86. The van der Waals surface area contributed by atoms with Crippen molar-refractivity contribution in [3.63, 3.8) is 0 Å². The van der Waals surface area contributed by atoms with Crippen LogP contribution in [0.1, 0.15) is 40.5 Å². The summed E-state index contributed by atoms with van der Waals surface area (Å²) in [7, 11) is 3.24. The van der Waals surface area contributed by atoms with Crippen LogP contribution in [0.5, 0.6) is 0 Å². The predicted molar refractivity (Wildman–Crippen MR) is 93.3 cm³/mol. The van der Waals surface area contributed by atoms with E-state index < -0.39 is 0 Å². The minimum absolute atomic E-state index is 0.0842. The summed E-state index contributed by atoms with van der Waals surface area (Å²) in [4.78, 5) is 21.8. The van der Waals surface area contributed by atoms with Crippen LogP contribution in [0.3, 0.4) is 0 Å². The van der Waals surface area contributed by atoms with Gasteiger partial charge < -0.3 is 14.2 Å². The molecule has 0 amide bonds. The van der Waals surface area contributed by atoms with Crippen molar-refractivity contribution >= 4 is 17.8 Å². The van der Waals surface area contributed by atoms with Gasteiger partial charge in [0, 0.05) is 5.92 Å². The molecule has 0 N–H and O–H groups in total. The summed E-state index contributed by atoms with van der Waals surface area (Å²) >= 11 is 0. The quantitative estimate of drug-likeness (QED) is 0.698. The van der Waals surface area contributed by atoms with Gasteiger partial charge in [-0.2, -0.15) is 0 Å². The van der Waals surface area contributed by atoms with Crippen LogP contribution in [-0.2, 0) is 19.0 Å². The van der Waals surface area contributed by atoms with Gasteiger partial charge in [0.25, 0.3) is 0 Å². The smallest absolute Gasteiger partial charge is 0.309 e. The maximum Gasteiger partial charge on any atom is 0.309 e. The molecular weight excluding hydrogens is 308 g/mol. The van der Waals surface area contributed by atoms with Crippen LogP contribution in [0.15, 0.2) is 9.98 Å². The minimum atomic E-state index is -0.258. The van der Waals surface area contributed by atoms with E-state index in [9.17, 15) is 4.79 Å². The Balaban J connectivity index is 2.26. The Hall–Kier alpha value is -1.59. The molecule has 0 aromatic heterocycles. The fourth-order valence-electron chi connectivity index (χ4n) is 3.68. The van der Waals surface area contributed by atoms with Gasteiger partial charge >= 0.3 is 5.97 Å². The van der Waals surface area contributed by atoms with Crippen molar-refractivity contribution in [3.8, 4) is 0 Å². The molecule has 1 saturated carbocycles. The number of ether oxygens (including phenoxy) is 3. The Bertz CT molecular complexity index is 515. The minimum Gasteiger partial charge on any atom is -0.483 e. The monoisotopic (exact) mass is 338 g/mol. The largest absolute Gasteiger partial charge is 0.483 e. The lowest BCUT2D eigenvalue weighted by Crippen LogP contribution is -2.39. The van der Waals surface area contributed by atoms with Crippen molar-refractivity contribution in [1.29, 1.82) is 0 Å². The van der Waals surface area contributed by atoms with E-state index in [1.165, 1.54) is 0 Å². The van der Waals surface area contributed by atoms with Gasteiger partial charge in [0.05, 0.1) is 26.7 Å². The predicted octanol–water partition coefficient (Wildman–Crippen LogP) is 2.71. The van der Waals surface area contributed by atoms with E-state index >= 15 is 0 Å². The fourth-order valence-corrected chi connectivity index (χ4v) is 3.68. The number of nitrogens with zero attached hydrogens (tertiary/aromatic N) is 2. The van der Waals surface area contributed by atoms with E-state index in [4.69, 9.17) is 24.2 Å². The maximum absolute atomic E-state index is 12.3. The summed E-state index contributed by atoms with van der Waals surface area (Å²) in [6, 6.07) is -0.392. The SMILES string of the molecule is CCCC1C(C(=O)OCC)C1[C@@H]1N=C(OC)[C@H](C(C)C)N=C1OC. The molecule has 2 rings (SSSR count). The molecule has 24 heavy (non-hydrogen) atoms. The summed E-state index contributed by atoms with van der Waals surface area (Å²) < 4.78 is 16.2. The molecule has 1 heterocycles. The molecule has 0 saturated heterocycles. The molecule has 0 radical (unpaired) electrons. The molecule has 0 bridgehead atoms. The Morgan fingerprint density at radius 3 is 2.29 bits per heavy atom. The Kier molecular flexibility index (Phi) is 6.24. The summed E-state index contributed by atoms with van der Waals surface area (Å²) in [5.74, 6) is 1.61.